The lowest BCUT2D eigenvalue weighted by Gasteiger charge is -2.32. The van der Waals surface area contributed by atoms with Crippen LogP contribution in [0.1, 0.15) is 61.8 Å². The maximum Gasteiger partial charge on any atom is 0.494 e. The molecule has 1 aromatic rings. The van der Waals surface area contributed by atoms with Crippen LogP contribution in [0.15, 0.2) is 18.2 Å². The molecular weight excluding hydrogens is 331 g/mol. The van der Waals surface area contributed by atoms with Gasteiger partial charge in [-0.15, -0.1) is 0 Å². The zero-order chi connectivity index (χ0) is 19.7. The minimum atomic E-state index is -0.491. The molecule has 0 atom stereocenters. The Morgan fingerprint density at radius 3 is 2.12 bits per heavy atom. The van der Waals surface area contributed by atoms with E-state index in [9.17, 15) is 4.79 Å². The molecule has 1 saturated heterocycles. The van der Waals surface area contributed by atoms with Crippen molar-refractivity contribution in [1.29, 1.82) is 0 Å². The van der Waals surface area contributed by atoms with Gasteiger partial charge in [-0.05, 0) is 65.1 Å². The summed E-state index contributed by atoms with van der Waals surface area (Å²) >= 11 is 0. The number of carbonyl (C=O) groups is 1. The molecule has 1 aromatic carbocycles. The molecule has 0 aliphatic carbocycles. The molecule has 1 heterocycles. The molecule has 0 radical (unpaired) electrons. The molecule has 144 valence electrons. The number of hydrogen-bond acceptors (Lipinski definition) is 5. The van der Waals surface area contributed by atoms with Gasteiger partial charge in [0.1, 0.15) is 0 Å². The molecule has 1 fully saturated rings. The molecule has 0 unspecified atom stereocenters. The standard InChI is InChI=1S/C20H31BO5/c1-13(2)11-18(22)24-16-10-9-15(12-17(16)23-14(3)4)21-25-19(5,6)20(7,8)26-21/h9-10,12-14H,11H2,1-8H3. The fourth-order valence-corrected chi connectivity index (χ4v) is 2.58. The number of esters is 1. The molecule has 0 N–H and O–H groups in total. The number of benzene rings is 1. The van der Waals surface area contributed by atoms with E-state index in [1.807, 2.05) is 67.5 Å². The van der Waals surface area contributed by atoms with Crippen LogP contribution in [0.2, 0.25) is 0 Å². The highest BCUT2D eigenvalue weighted by molar-refractivity contribution is 6.62. The Balaban J connectivity index is 2.27. The van der Waals surface area contributed by atoms with Gasteiger partial charge in [0.2, 0.25) is 0 Å². The number of carbonyl (C=O) groups excluding carboxylic acids is 1. The average molecular weight is 362 g/mol. The minimum absolute atomic E-state index is 0.0499. The maximum absolute atomic E-state index is 12.0. The summed E-state index contributed by atoms with van der Waals surface area (Å²) in [5.41, 5.74) is 0.00103. The molecule has 0 spiro atoms. The van der Waals surface area contributed by atoms with Gasteiger partial charge in [0.15, 0.2) is 11.5 Å². The largest absolute Gasteiger partial charge is 0.494 e. The van der Waals surface area contributed by atoms with Crippen LogP contribution in [-0.4, -0.2) is 30.4 Å². The highest BCUT2D eigenvalue weighted by atomic mass is 16.7. The molecule has 0 bridgehead atoms. The van der Waals surface area contributed by atoms with E-state index in [2.05, 4.69) is 0 Å². The van der Waals surface area contributed by atoms with Gasteiger partial charge in [-0.3, -0.25) is 4.79 Å². The lowest BCUT2D eigenvalue weighted by Crippen LogP contribution is -2.41. The SMILES string of the molecule is CC(C)CC(=O)Oc1ccc(B2OC(C)(C)C(C)(C)O2)cc1OC(C)C. The summed E-state index contributed by atoms with van der Waals surface area (Å²) in [5, 5.41) is 0. The first-order chi connectivity index (χ1) is 11.9. The smallest absolute Gasteiger partial charge is 0.487 e. The van der Waals surface area contributed by atoms with Crippen LogP contribution in [0.25, 0.3) is 0 Å². The van der Waals surface area contributed by atoms with E-state index in [1.54, 1.807) is 6.07 Å². The number of hydrogen-bond donors (Lipinski definition) is 0. The summed E-state index contributed by atoms with van der Waals surface area (Å²) in [5.74, 6) is 0.909. The third-order valence-electron chi connectivity index (χ3n) is 4.65. The molecule has 26 heavy (non-hydrogen) atoms. The van der Waals surface area contributed by atoms with Crippen molar-refractivity contribution in [3.05, 3.63) is 18.2 Å². The van der Waals surface area contributed by atoms with Crippen molar-refractivity contribution >= 4 is 18.6 Å². The fourth-order valence-electron chi connectivity index (χ4n) is 2.58. The molecular formula is C20H31BO5. The van der Waals surface area contributed by atoms with Gasteiger partial charge in [-0.2, -0.15) is 0 Å². The lowest BCUT2D eigenvalue weighted by molar-refractivity contribution is -0.135. The zero-order valence-electron chi connectivity index (χ0n) is 17.2. The molecule has 0 aromatic heterocycles. The Morgan fingerprint density at radius 1 is 1.04 bits per heavy atom. The Kier molecular flexibility index (Phi) is 6.08. The van der Waals surface area contributed by atoms with Gasteiger partial charge in [-0.1, -0.05) is 19.9 Å². The average Bonchev–Trinajstić information content (AvgIpc) is 2.67. The van der Waals surface area contributed by atoms with E-state index in [1.165, 1.54) is 0 Å². The van der Waals surface area contributed by atoms with Crippen LogP contribution in [-0.2, 0) is 14.1 Å². The topological polar surface area (TPSA) is 54.0 Å². The first-order valence-electron chi connectivity index (χ1n) is 9.28. The van der Waals surface area contributed by atoms with Gasteiger partial charge >= 0.3 is 13.1 Å². The second kappa shape index (κ2) is 7.61. The second-order valence-corrected chi connectivity index (χ2v) is 8.53. The van der Waals surface area contributed by atoms with Crippen molar-refractivity contribution < 1.29 is 23.6 Å². The van der Waals surface area contributed by atoms with Crippen molar-refractivity contribution in [3.8, 4) is 11.5 Å². The lowest BCUT2D eigenvalue weighted by atomic mass is 9.79. The van der Waals surface area contributed by atoms with Crippen LogP contribution in [0.4, 0.5) is 0 Å². The first-order valence-corrected chi connectivity index (χ1v) is 9.28. The van der Waals surface area contributed by atoms with Crippen molar-refractivity contribution in [3.63, 3.8) is 0 Å². The molecule has 0 amide bonds. The van der Waals surface area contributed by atoms with Crippen LogP contribution in [0.3, 0.4) is 0 Å². The normalized spacial score (nSPS) is 18.5. The predicted molar refractivity (Wildman–Crippen MR) is 103 cm³/mol. The van der Waals surface area contributed by atoms with E-state index in [0.29, 0.717) is 17.9 Å². The summed E-state index contributed by atoms with van der Waals surface area (Å²) in [6.45, 7) is 15.9. The molecule has 2 rings (SSSR count). The molecule has 1 aliphatic rings. The van der Waals surface area contributed by atoms with Crippen molar-refractivity contribution in [2.24, 2.45) is 5.92 Å². The first kappa shape index (κ1) is 20.8. The van der Waals surface area contributed by atoms with Crippen LogP contribution in [0.5, 0.6) is 11.5 Å². The molecule has 6 heteroatoms. The quantitative estimate of drug-likeness (QED) is 0.439. The third-order valence-corrected chi connectivity index (χ3v) is 4.65. The van der Waals surface area contributed by atoms with Gasteiger partial charge in [-0.25, -0.2) is 0 Å². The third kappa shape index (κ3) is 4.80. The summed E-state index contributed by atoms with van der Waals surface area (Å²) in [6.07, 6.45) is 0.311. The van der Waals surface area contributed by atoms with Gasteiger partial charge in [0.25, 0.3) is 0 Å². The van der Waals surface area contributed by atoms with E-state index in [-0.39, 0.29) is 18.0 Å². The van der Waals surface area contributed by atoms with E-state index < -0.39 is 18.3 Å². The second-order valence-electron chi connectivity index (χ2n) is 8.53. The predicted octanol–water partition coefficient (Wildman–Crippen LogP) is 3.72. The van der Waals surface area contributed by atoms with Gasteiger partial charge in [0, 0.05) is 6.42 Å². The highest BCUT2D eigenvalue weighted by Crippen LogP contribution is 2.37. The highest BCUT2D eigenvalue weighted by Gasteiger charge is 2.51. The summed E-state index contributed by atoms with van der Waals surface area (Å²) in [6, 6.07) is 5.43. The monoisotopic (exact) mass is 362 g/mol. The van der Waals surface area contributed by atoms with E-state index >= 15 is 0 Å². The van der Waals surface area contributed by atoms with Crippen LogP contribution >= 0.6 is 0 Å². The van der Waals surface area contributed by atoms with Gasteiger partial charge < -0.3 is 18.8 Å². The number of ether oxygens (including phenoxy) is 2. The fraction of sp³-hybridized carbons (Fsp3) is 0.650. The summed E-state index contributed by atoms with van der Waals surface area (Å²) < 4.78 is 23.6. The van der Waals surface area contributed by atoms with Gasteiger partial charge in [0.05, 0.1) is 17.3 Å². The van der Waals surface area contributed by atoms with Crippen LogP contribution < -0.4 is 14.9 Å². The van der Waals surface area contributed by atoms with E-state index in [0.717, 1.165) is 5.46 Å². The Labute approximate surface area is 157 Å². The molecule has 5 nitrogen and oxygen atoms in total. The molecule has 1 aliphatic heterocycles. The Bertz CT molecular complexity index is 636. The minimum Gasteiger partial charge on any atom is -0.487 e. The molecule has 0 saturated carbocycles. The van der Waals surface area contributed by atoms with E-state index in [4.69, 9.17) is 18.8 Å². The van der Waals surface area contributed by atoms with Crippen molar-refractivity contribution in [2.75, 3.05) is 0 Å². The summed E-state index contributed by atoms with van der Waals surface area (Å²) in [4.78, 5) is 12.0. The maximum atomic E-state index is 12.0. The summed E-state index contributed by atoms with van der Waals surface area (Å²) in [7, 11) is -0.491. The van der Waals surface area contributed by atoms with Crippen molar-refractivity contribution in [1.82, 2.24) is 0 Å². The Morgan fingerprint density at radius 2 is 1.62 bits per heavy atom. The van der Waals surface area contributed by atoms with Crippen LogP contribution in [0, 0.1) is 5.92 Å². The Hall–Kier alpha value is -1.53. The number of rotatable bonds is 6. The van der Waals surface area contributed by atoms with Crippen molar-refractivity contribution in [2.45, 2.75) is 79.1 Å². The zero-order valence-corrected chi connectivity index (χ0v) is 17.2.